The standard InChI is InChI=1S/C19H17N3O5S/c1-3-12(2)21-18(23)16(28-19(21)24)10-13-4-7-15(8-5-13)27-17-9-6-14(11-20-17)22(25)26/h4-12H,3H2,1-2H3/b16-10-. The van der Waals surface area contributed by atoms with Gasteiger partial charge in [-0.25, -0.2) is 4.98 Å². The minimum atomic E-state index is -0.533. The van der Waals surface area contributed by atoms with Crippen LogP contribution in [0, 0.1) is 10.1 Å². The number of hydrogen-bond acceptors (Lipinski definition) is 7. The lowest BCUT2D eigenvalue weighted by Gasteiger charge is -2.19. The summed E-state index contributed by atoms with van der Waals surface area (Å²) < 4.78 is 5.55. The van der Waals surface area contributed by atoms with E-state index in [1.165, 1.54) is 17.0 Å². The fourth-order valence-corrected chi connectivity index (χ4v) is 3.42. The molecule has 1 atom stereocenters. The molecule has 28 heavy (non-hydrogen) atoms. The molecular weight excluding hydrogens is 382 g/mol. The van der Waals surface area contributed by atoms with Crippen molar-refractivity contribution in [3.63, 3.8) is 0 Å². The van der Waals surface area contributed by atoms with Crippen molar-refractivity contribution in [3.05, 3.63) is 63.2 Å². The number of imide groups is 1. The van der Waals surface area contributed by atoms with Gasteiger partial charge in [0.2, 0.25) is 5.88 Å². The van der Waals surface area contributed by atoms with Crippen LogP contribution in [0.15, 0.2) is 47.5 Å². The molecule has 1 aromatic heterocycles. The number of nitro groups is 1. The summed E-state index contributed by atoms with van der Waals surface area (Å²) in [6, 6.07) is 9.46. The van der Waals surface area contributed by atoms with E-state index in [1.807, 2.05) is 13.8 Å². The van der Waals surface area contributed by atoms with Gasteiger partial charge in [-0.15, -0.1) is 0 Å². The Bertz CT molecular complexity index is 941. The van der Waals surface area contributed by atoms with Crippen LogP contribution in [0.1, 0.15) is 25.8 Å². The highest BCUT2D eigenvalue weighted by atomic mass is 32.2. The minimum absolute atomic E-state index is 0.117. The third kappa shape index (κ3) is 4.20. The Morgan fingerprint density at radius 1 is 1.25 bits per heavy atom. The van der Waals surface area contributed by atoms with Crippen LogP contribution in [0.25, 0.3) is 6.08 Å². The number of thioether (sulfide) groups is 1. The van der Waals surface area contributed by atoms with Crippen molar-refractivity contribution in [1.29, 1.82) is 0 Å². The molecule has 0 spiro atoms. The number of carbonyl (C=O) groups excluding carboxylic acids is 2. The number of benzene rings is 1. The summed E-state index contributed by atoms with van der Waals surface area (Å²) in [5.74, 6) is 0.444. The molecular formula is C19H17N3O5S. The third-order valence-corrected chi connectivity index (χ3v) is 5.07. The Hall–Kier alpha value is -3.20. The molecule has 1 aliphatic heterocycles. The second-order valence-corrected chi connectivity index (χ2v) is 7.09. The van der Waals surface area contributed by atoms with E-state index in [1.54, 1.807) is 30.3 Å². The first-order chi connectivity index (χ1) is 13.4. The molecule has 3 rings (SSSR count). The predicted octanol–water partition coefficient (Wildman–Crippen LogP) is 4.62. The highest BCUT2D eigenvalue weighted by Gasteiger charge is 2.37. The van der Waals surface area contributed by atoms with E-state index in [0.29, 0.717) is 17.1 Å². The lowest BCUT2D eigenvalue weighted by molar-refractivity contribution is -0.385. The maximum Gasteiger partial charge on any atom is 0.293 e. The van der Waals surface area contributed by atoms with Crippen LogP contribution in [0.5, 0.6) is 11.6 Å². The van der Waals surface area contributed by atoms with Crippen molar-refractivity contribution < 1.29 is 19.2 Å². The zero-order chi connectivity index (χ0) is 20.3. The van der Waals surface area contributed by atoms with E-state index >= 15 is 0 Å². The Morgan fingerprint density at radius 3 is 2.54 bits per heavy atom. The Balaban J connectivity index is 1.71. The van der Waals surface area contributed by atoms with Gasteiger partial charge < -0.3 is 4.74 Å². The summed E-state index contributed by atoms with van der Waals surface area (Å²) in [4.78, 5) is 40.2. The lowest BCUT2D eigenvalue weighted by atomic mass is 10.2. The van der Waals surface area contributed by atoms with Gasteiger partial charge in [-0.3, -0.25) is 24.6 Å². The smallest absolute Gasteiger partial charge is 0.293 e. The van der Waals surface area contributed by atoms with Crippen LogP contribution in [0.3, 0.4) is 0 Å². The first kappa shape index (κ1) is 19.6. The zero-order valence-corrected chi connectivity index (χ0v) is 16.0. The molecule has 9 heteroatoms. The van der Waals surface area contributed by atoms with Gasteiger partial charge in [0.25, 0.3) is 16.8 Å². The number of pyridine rings is 1. The van der Waals surface area contributed by atoms with Gasteiger partial charge in [0.1, 0.15) is 11.9 Å². The summed E-state index contributed by atoms with van der Waals surface area (Å²) >= 11 is 0.933. The van der Waals surface area contributed by atoms with Gasteiger partial charge in [-0.05, 0) is 48.9 Å². The molecule has 0 aliphatic carbocycles. The van der Waals surface area contributed by atoms with E-state index < -0.39 is 4.92 Å². The number of carbonyl (C=O) groups is 2. The van der Waals surface area contributed by atoms with E-state index in [0.717, 1.165) is 23.5 Å². The van der Waals surface area contributed by atoms with Crippen molar-refractivity contribution in [2.75, 3.05) is 0 Å². The number of amides is 2. The van der Waals surface area contributed by atoms with Crippen molar-refractivity contribution in [3.8, 4) is 11.6 Å². The Labute approximate surface area is 165 Å². The summed E-state index contributed by atoms with van der Waals surface area (Å²) in [6.07, 6.45) is 3.49. The van der Waals surface area contributed by atoms with E-state index in [-0.39, 0.29) is 28.8 Å². The van der Waals surface area contributed by atoms with Crippen molar-refractivity contribution in [1.82, 2.24) is 9.88 Å². The van der Waals surface area contributed by atoms with Crippen LogP contribution >= 0.6 is 11.8 Å². The molecule has 8 nitrogen and oxygen atoms in total. The Morgan fingerprint density at radius 2 is 1.96 bits per heavy atom. The second-order valence-electron chi connectivity index (χ2n) is 6.09. The fourth-order valence-electron chi connectivity index (χ4n) is 2.49. The number of aromatic nitrogens is 1. The summed E-state index contributed by atoms with van der Waals surface area (Å²) in [5.41, 5.74) is 0.632. The van der Waals surface area contributed by atoms with Gasteiger partial charge in [-0.1, -0.05) is 19.1 Å². The highest BCUT2D eigenvalue weighted by molar-refractivity contribution is 8.18. The largest absolute Gasteiger partial charge is 0.439 e. The molecule has 1 saturated heterocycles. The molecule has 0 radical (unpaired) electrons. The van der Waals surface area contributed by atoms with E-state index in [2.05, 4.69) is 4.98 Å². The molecule has 2 heterocycles. The topological polar surface area (TPSA) is 103 Å². The van der Waals surface area contributed by atoms with Gasteiger partial charge in [0.15, 0.2) is 0 Å². The van der Waals surface area contributed by atoms with Crippen molar-refractivity contribution in [2.24, 2.45) is 0 Å². The first-order valence-electron chi connectivity index (χ1n) is 8.54. The van der Waals surface area contributed by atoms with Crippen LogP contribution < -0.4 is 4.74 Å². The van der Waals surface area contributed by atoms with E-state index in [4.69, 9.17) is 4.74 Å². The molecule has 2 aromatic rings. The van der Waals surface area contributed by atoms with Gasteiger partial charge in [-0.2, -0.15) is 0 Å². The predicted molar refractivity (Wildman–Crippen MR) is 105 cm³/mol. The average molecular weight is 399 g/mol. The molecule has 1 fully saturated rings. The summed E-state index contributed by atoms with van der Waals surface area (Å²) in [5, 5.41) is 10.4. The minimum Gasteiger partial charge on any atom is -0.439 e. The molecule has 1 aromatic carbocycles. The number of hydrogen-bond donors (Lipinski definition) is 0. The van der Waals surface area contributed by atoms with Crippen LogP contribution in [0.2, 0.25) is 0 Å². The number of ether oxygens (including phenoxy) is 1. The number of rotatable bonds is 6. The first-order valence-corrected chi connectivity index (χ1v) is 9.36. The molecule has 1 unspecified atom stereocenters. The Kier molecular flexibility index (Phi) is 5.74. The van der Waals surface area contributed by atoms with Gasteiger partial charge in [0, 0.05) is 18.2 Å². The maximum absolute atomic E-state index is 12.4. The highest BCUT2D eigenvalue weighted by Crippen LogP contribution is 2.34. The molecule has 1 aliphatic rings. The number of nitrogens with zero attached hydrogens (tertiary/aromatic N) is 3. The average Bonchev–Trinajstić information content (AvgIpc) is 2.96. The molecule has 0 bridgehead atoms. The monoisotopic (exact) mass is 399 g/mol. The van der Waals surface area contributed by atoms with Gasteiger partial charge in [0.05, 0.1) is 9.83 Å². The summed E-state index contributed by atoms with van der Waals surface area (Å²) in [7, 11) is 0. The van der Waals surface area contributed by atoms with Crippen molar-refractivity contribution >= 4 is 34.7 Å². The quantitative estimate of drug-likeness (QED) is 0.397. The van der Waals surface area contributed by atoms with E-state index in [9.17, 15) is 19.7 Å². The normalized spacial score (nSPS) is 16.5. The third-order valence-electron chi connectivity index (χ3n) is 4.19. The molecule has 0 N–H and O–H groups in total. The van der Waals surface area contributed by atoms with Crippen molar-refractivity contribution in [2.45, 2.75) is 26.3 Å². The maximum atomic E-state index is 12.4. The zero-order valence-electron chi connectivity index (χ0n) is 15.2. The van der Waals surface area contributed by atoms with Crippen LogP contribution in [-0.4, -0.2) is 32.0 Å². The summed E-state index contributed by atoms with van der Waals surface area (Å²) in [6.45, 7) is 3.77. The second kappa shape index (κ2) is 8.22. The van der Waals surface area contributed by atoms with Crippen LogP contribution in [0.4, 0.5) is 10.5 Å². The molecule has 144 valence electrons. The SMILES string of the molecule is CCC(C)N1C(=O)S/C(=C\c2ccc(Oc3ccc([N+](=O)[O-])cn3)cc2)C1=O. The molecule has 0 saturated carbocycles. The molecule has 2 amide bonds. The van der Waals surface area contributed by atoms with Gasteiger partial charge >= 0.3 is 0 Å². The fraction of sp³-hybridized carbons (Fsp3) is 0.211. The van der Waals surface area contributed by atoms with Crippen LogP contribution in [-0.2, 0) is 4.79 Å². The lowest BCUT2D eigenvalue weighted by Crippen LogP contribution is -2.36.